The molecule has 0 unspecified atom stereocenters. The van der Waals surface area contributed by atoms with E-state index in [4.69, 9.17) is 5.73 Å². The maximum atomic E-state index is 5.89. The fourth-order valence-corrected chi connectivity index (χ4v) is 3.28. The van der Waals surface area contributed by atoms with E-state index >= 15 is 0 Å². The van der Waals surface area contributed by atoms with Gasteiger partial charge in [-0.1, -0.05) is 18.2 Å². The molecule has 1 fully saturated rings. The van der Waals surface area contributed by atoms with Crippen molar-refractivity contribution in [3.05, 3.63) is 35.5 Å². The molecule has 1 aromatic carbocycles. The lowest BCUT2D eigenvalue weighted by Crippen LogP contribution is -2.20. The van der Waals surface area contributed by atoms with E-state index in [1.165, 1.54) is 48.1 Å². The zero-order valence-electron chi connectivity index (χ0n) is 11.7. The van der Waals surface area contributed by atoms with E-state index in [2.05, 4.69) is 40.7 Å². The van der Waals surface area contributed by atoms with Crippen LogP contribution >= 0.6 is 0 Å². The molecule has 0 atom stereocenters. The predicted molar refractivity (Wildman–Crippen MR) is 80.0 cm³/mol. The predicted octanol–water partition coefficient (Wildman–Crippen LogP) is 2.72. The molecule has 2 N–H and O–H groups in total. The third-order valence-corrected chi connectivity index (χ3v) is 4.21. The summed E-state index contributed by atoms with van der Waals surface area (Å²) in [4.78, 5) is 2.56. The van der Waals surface area contributed by atoms with Gasteiger partial charge in [0.1, 0.15) is 0 Å². The van der Waals surface area contributed by atoms with E-state index in [0.29, 0.717) is 6.54 Å². The molecule has 1 aliphatic rings. The van der Waals surface area contributed by atoms with Crippen molar-refractivity contribution in [2.75, 3.05) is 13.1 Å². The van der Waals surface area contributed by atoms with Crippen molar-refractivity contribution in [3.63, 3.8) is 0 Å². The van der Waals surface area contributed by atoms with Crippen LogP contribution < -0.4 is 5.73 Å². The van der Waals surface area contributed by atoms with Crippen LogP contribution in [0.4, 0.5) is 0 Å². The molecule has 0 aliphatic carbocycles. The lowest BCUT2D eigenvalue weighted by Gasteiger charge is -2.17. The summed E-state index contributed by atoms with van der Waals surface area (Å²) in [6, 6.07) is 8.81. The second kappa shape index (κ2) is 5.35. The van der Waals surface area contributed by atoms with Gasteiger partial charge in [-0.3, -0.25) is 4.90 Å². The van der Waals surface area contributed by atoms with E-state index in [0.717, 1.165) is 13.1 Å². The molecule has 1 aliphatic heterocycles. The fourth-order valence-electron chi connectivity index (χ4n) is 3.28. The highest BCUT2D eigenvalue weighted by molar-refractivity contribution is 5.84. The third-order valence-electron chi connectivity index (χ3n) is 4.21. The Labute approximate surface area is 115 Å². The standard InChI is InChI=1S/C16H23N3/c1-2-19-15(12-18-8-3-4-9-18)10-13-6-5-7-14(11-17)16(13)19/h5-7,10H,2-4,8-9,11-12,17H2,1H3. The Balaban J connectivity index is 2.03. The number of aromatic nitrogens is 1. The lowest BCUT2D eigenvalue weighted by atomic mass is 10.1. The summed E-state index contributed by atoms with van der Waals surface area (Å²) >= 11 is 0. The van der Waals surface area contributed by atoms with Gasteiger partial charge < -0.3 is 10.3 Å². The number of nitrogens with zero attached hydrogens (tertiary/aromatic N) is 2. The molecule has 0 spiro atoms. The molecule has 0 radical (unpaired) electrons. The van der Waals surface area contributed by atoms with Gasteiger partial charge >= 0.3 is 0 Å². The van der Waals surface area contributed by atoms with E-state index < -0.39 is 0 Å². The zero-order chi connectivity index (χ0) is 13.2. The summed E-state index contributed by atoms with van der Waals surface area (Å²) in [5.74, 6) is 0. The molecule has 1 saturated heterocycles. The highest BCUT2D eigenvalue weighted by Crippen LogP contribution is 2.25. The number of rotatable bonds is 4. The van der Waals surface area contributed by atoms with Crippen LogP contribution in [0.3, 0.4) is 0 Å². The minimum atomic E-state index is 0.616. The van der Waals surface area contributed by atoms with Gasteiger partial charge in [-0.15, -0.1) is 0 Å². The van der Waals surface area contributed by atoms with Crippen molar-refractivity contribution in [1.29, 1.82) is 0 Å². The second-order valence-corrected chi connectivity index (χ2v) is 5.42. The topological polar surface area (TPSA) is 34.2 Å². The first-order chi connectivity index (χ1) is 9.33. The van der Waals surface area contributed by atoms with Crippen LogP contribution in [0.25, 0.3) is 10.9 Å². The Morgan fingerprint density at radius 2 is 2.00 bits per heavy atom. The molecule has 1 aromatic heterocycles. The zero-order valence-corrected chi connectivity index (χ0v) is 11.7. The number of aryl methyl sites for hydroxylation is 1. The number of para-hydroxylation sites is 1. The van der Waals surface area contributed by atoms with Crippen molar-refractivity contribution in [2.45, 2.75) is 39.4 Å². The summed E-state index contributed by atoms with van der Waals surface area (Å²) in [7, 11) is 0. The van der Waals surface area contributed by atoms with E-state index in [1.807, 2.05) is 0 Å². The summed E-state index contributed by atoms with van der Waals surface area (Å²) < 4.78 is 2.44. The maximum Gasteiger partial charge on any atom is 0.0528 e. The van der Waals surface area contributed by atoms with E-state index in [9.17, 15) is 0 Å². The maximum absolute atomic E-state index is 5.89. The average Bonchev–Trinajstić information content (AvgIpc) is 3.05. The Morgan fingerprint density at radius 3 is 2.68 bits per heavy atom. The number of fused-ring (bicyclic) bond motifs is 1. The number of hydrogen-bond donors (Lipinski definition) is 1. The second-order valence-electron chi connectivity index (χ2n) is 5.42. The van der Waals surface area contributed by atoms with Gasteiger partial charge in [-0.2, -0.15) is 0 Å². The minimum Gasteiger partial charge on any atom is -0.343 e. The van der Waals surface area contributed by atoms with Crippen LogP contribution in [0.2, 0.25) is 0 Å². The Bertz CT molecular complexity index is 565. The van der Waals surface area contributed by atoms with Crippen LogP contribution in [0.15, 0.2) is 24.3 Å². The van der Waals surface area contributed by atoms with Crippen molar-refractivity contribution >= 4 is 10.9 Å². The van der Waals surface area contributed by atoms with Gasteiger partial charge in [0.2, 0.25) is 0 Å². The summed E-state index contributed by atoms with van der Waals surface area (Å²) in [5, 5.41) is 1.33. The first-order valence-corrected chi connectivity index (χ1v) is 7.36. The van der Waals surface area contributed by atoms with Crippen LogP contribution in [-0.2, 0) is 19.6 Å². The molecule has 0 saturated carbocycles. The van der Waals surface area contributed by atoms with Gasteiger partial charge in [0, 0.05) is 30.7 Å². The average molecular weight is 257 g/mol. The molecule has 0 bridgehead atoms. The van der Waals surface area contributed by atoms with Crippen LogP contribution in [-0.4, -0.2) is 22.6 Å². The largest absolute Gasteiger partial charge is 0.343 e. The number of hydrogen-bond acceptors (Lipinski definition) is 2. The molecule has 2 heterocycles. The molecule has 2 aromatic rings. The van der Waals surface area contributed by atoms with Gasteiger partial charge in [-0.25, -0.2) is 0 Å². The molecule has 19 heavy (non-hydrogen) atoms. The molecule has 3 nitrogen and oxygen atoms in total. The smallest absolute Gasteiger partial charge is 0.0528 e. The van der Waals surface area contributed by atoms with Gasteiger partial charge in [0.05, 0.1) is 5.52 Å². The first kappa shape index (κ1) is 12.7. The SMILES string of the molecule is CCn1c(CN2CCCC2)cc2cccc(CN)c21. The first-order valence-electron chi connectivity index (χ1n) is 7.36. The Morgan fingerprint density at radius 1 is 1.21 bits per heavy atom. The quantitative estimate of drug-likeness (QED) is 0.914. The minimum absolute atomic E-state index is 0.616. The fraction of sp³-hybridized carbons (Fsp3) is 0.500. The highest BCUT2D eigenvalue weighted by atomic mass is 15.2. The monoisotopic (exact) mass is 257 g/mol. The van der Waals surface area contributed by atoms with Crippen molar-refractivity contribution in [3.8, 4) is 0 Å². The van der Waals surface area contributed by atoms with E-state index in [-0.39, 0.29) is 0 Å². The van der Waals surface area contributed by atoms with Crippen LogP contribution in [0, 0.1) is 0 Å². The molecule has 0 amide bonds. The van der Waals surface area contributed by atoms with Crippen LogP contribution in [0.1, 0.15) is 31.0 Å². The van der Waals surface area contributed by atoms with E-state index in [1.54, 1.807) is 0 Å². The van der Waals surface area contributed by atoms with Crippen molar-refractivity contribution in [1.82, 2.24) is 9.47 Å². The Hall–Kier alpha value is -1.32. The molecular formula is C16H23N3. The highest BCUT2D eigenvalue weighted by Gasteiger charge is 2.16. The Kier molecular flexibility index (Phi) is 3.58. The lowest BCUT2D eigenvalue weighted by molar-refractivity contribution is 0.322. The molecular weight excluding hydrogens is 234 g/mol. The molecule has 3 heteroatoms. The van der Waals surface area contributed by atoms with Gasteiger partial charge in [0.15, 0.2) is 0 Å². The van der Waals surface area contributed by atoms with Gasteiger partial charge in [0.25, 0.3) is 0 Å². The number of likely N-dealkylation sites (tertiary alicyclic amines) is 1. The number of nitrogens with two attached hydrogens (primary N) is 1. The van der Waals surface area contributed by atoms with Crippen LogP contribution in [0.5, 0.6) is 0 Å². The summed E-state index contributed by atoms with van der Waals surface area (Å²) in [5.41, 5.74) is 9.91. The molecule has 3 rings (SSSR count). The number of benzene rings is 1. The van der Waals surface area contributed by atoms with Crippen molar-refractivity contribution in [2.24, 2.45) is 5.73 Å². The normalized spacial score (nSPS) is 16.5. The van der Waals surface area contributed by atoms with Crippen molar-refractivity contribution < 1.29 is 0 Å². The molecule has 102 valence electrons. The summed E-state index contributed by atoms with van der Waals surface area (Å²) in [6.45, 7) is 7.42. The van der Waals surface area contributed by atoms with Gasteiger partial charge in [-0.05, 0) is 44.5 Å². The third kappa shape index (κ3) is 2.28. The summed E-state index contributed by atoms with van der Waals surface area (Å²) in [6.07, 6.45) is 2.70.